The Balaban J connectivity index is 2.89. The van der Waals surface area contributed by atoms with E-state index >= 15 is 0 Å². The normalized spacial score (nSPS) is 12.0. The van der Waals surface area contributed by atoms with Gasteiger partial charge in [0.1, 0.15) is 0 Å². The van der Waals surface area contributed by atoms with E-state index < -0.39 is 10.0 Å². The van der Waals surface area contributed by atoms with Crippen LogP contribution >= 0.6 is 0 Å². The van der Waals surface area contributed by atoms with E-state index in [1.165, 1.54) is 7.05 Å². The van der Waals surface area contributed by atoms with Crippen LogP contribution in [0.5, 0.6) is 0 Å². The highest BCUT2D eigenvalue weighted by molar-refractivity contribution is 7.89. The van der Waals surface area contributed by atoms with E-state index in [4.69, 9.17) is 5.26 Å². The van der Waals surface area contributed by atoms with Crippen LogP contribution in [0.3, 0.4) is 0 Å². The Morgan fingerprint density at radius 2 is 2.00 bits per heavy atom. The molecule has 5 nitrogen and oxygen atoms in total. The zero-order valence-electron chi connectivity index (χ0n) is 13.0. The minimum absolute atomic E-state index is 0.0277. The molecule has 0 saturated carbocycles. The summed E-state index contributed by atoms with van der Waals surface area (Å²) in [5, 5.41) is 12.0. The summed E-state index contributed by atoms with van der Waals surface area (Å²) in [5.41, 5.74) is 1.76. The summed E-state index contributed by atoms with van der Waals surface area (Å²) in [6.07, 6.45) is 1.31. The van der Waals surface area contributed by atoms with Gasteiger partial charge in [0.05, 0.1) is 11.0 Å². The Morgan fingerprint density at radius 3 is 2.57 bits per heavy atom. The second-order valence-electron chi connectivity index (χ2n) is 5.86. The van der Waals surface area contributed by atoms with Crippen molar-refractivity contribution in [2.24, 2.45) is 5.41 Å². The molecule has 1 aromatic carbocycles. The predicted molar refractivity (Wildman–Crippen MR) is 84.5 cm³/mol. The molecule has 0 radical (unpaired) electrons. The van der Waals surface area contributed by atoms with Crippen molar-refractivity contribution in [2.75, 3.05) is 18.9 Å². The van der Waals surface area contributed by atoms with Crippen molar-refractivity contribution in [2.45, 2.75) is 38.5 Å². The first-order chi connectivity index (χ1) is 9.72. The summed E-state index contributed by atoms with van der Waals surface area (Å²) >= 11 is 0. The van der Waals surface area contributed by atoms with E-state index in [1.807, 2.05) is 6.92 Å². The molecule has 0 spiro atoms. The van der Waals surface area contributed by atoms with E-state index in [1.54, 1.807) is 18.2 Å². The van der Waals surface area contributed by atoms with Crippen LogP contribution in [-0.2, 0) is 10.0 Å². The monoisotopic (exact) mass is 309 g/mol. The lowest BCUT2D eigenvalue weighted by atomic mass is 9.88. The van der Waals surface area contributed by atoms with Gasteiger partial charge in [-0.15, -0.1) is 0 Å². The number of hydrogen-bond acceptors (Lipinski definition) is 4. The summed E-state index contributed by atoms with van der Waals surface area (Å²) in [6, 6.07) is 7.17. The molecule has 0 bridgehead atoms. The molecule has 0 aliphatic heterocycles. The molecule has 0 heterocycles. The first kappa shape index (κ1) is 17.5. The first-order valence-corrected chi connectivity index (χ1v) is 8.35. The largest absolute Gasteiger partial charge is 0.384 e. The van der Waals surface area contributed by atoms with E-state index in [9.17, 15) is 8.42 Å². The van der Waals surface area contributed by atoms with E-state index in [0.717, 1.165) is 17.7 Å². The summed E-state index contributed by atoms with van der Waals surface area (Å²) in [6.45, 7) is 6.78. The molecule has 0 atom stereocenters. The highest BCUT2D eigenvalue weighted by Gasteiger charge is 2.18. The molecule has 116 valence electrons. The SMILES string of the molecule is CNS(=O)(=O)c1ccc(C)c(NCC(C)(C)CCC#N)c1. The molecule has 21 heavy (non-hydrogen) atoms. The Labute approximate surface area is 127 Å². The van der Waals surface area contributed by atoms with Gasteiger partial charge < -0.3 is 5.32 Å². The van der Waals surface area contributed by atoms with Crippen molar-refractivity contribution < 1.29 is 8.42 Å². The number of sulfonamides is 1. The standard InChI is InChI=1S/C15H23N3O2S/c1-12-6-7-13(21(19,20)17-4)10-14(12)18-11-15(2,3)8-5-9-16/h6-7,10,17-18H,5,8,11H2,1-4H3. The van der Waals surface area contributed by atoms with E-state index in [0.29, 0.717) is 13.0 Å². The number of nitriles is 1. The zero-order valence-corrected chi connectivity index (χ0v) is 13.8. The minimum Gasteiger partial charge on any atom is -0.384 e. The van der Waals surface area contributed by atoms with Crippen molar-refractivity contribution in [1.29, 1.82) is 5.26 Å². The van der Waals surface area contributed by atoms with Crippen LogP contribution in [0, 0.1) is 23.7 Å². The maximum absolute atomic E-state index is 11.8. The number of anilines is 1. The molecule has 0 saturated heterocycles. The van der Waals surface area contributed by atoms with Crippen LogP contribution in [-0.4, -0.2) is 22.0 Å². The average Bonchev–Trinajstić information content (AvgIpc) is 2.44. The third-order valence-corrected chi connectivity index (χ3v) is 4.87. The van der Waals surface area contributed by atoms with E-state index in [-0.39, 0.29) is 10.3 Å². The minimum atomic E-state index is -3.44. The number of benzene rings is 1. The fraction of sp³-hybridized carbons (Fsp3) is 0.533. The molecular formula is C15H23N3O2S. The Bertz CT molecular complexity index is 631. The van der Waals surface area contributed by atoms with Gasteiger partial charge in [-0.1, -0.05) is 19.9 Å². The number of aryl methyl sites for hydroxylation is 1. The Morgan fingerprint density at radius 1 is 1.33 bits per heavy atom. The van der Waals surface area contributed by atoms with Crippen molar-refractivity contribution >= 4 is 15.7 Å². The Kier molecular flexibility index (Phi) is 5.76. The van der Waals surface area contributed by atoms with Crippen molar-refractivity contribution in [3.8, 4) is 6.07 Å². The van der Waals surface area contributed by atoms with Gasteiger partial charge in [-0.3, -0.25) is 0 Å². The van der Waals surface area contributed by atoms with Gasteiger partial charge in [0.2, 0.25) is 10.0 Å². The third-order valence-electron chi connectivity index (χ3n) is 3.46. The molecule has 0 unspecified atom stereocenters. The average molecular weight is 309 g/mol. The molecule has 0 aromatic heterocycles. The lowest BCUT2D eigenvalue weighted by Gasteiger charge is -2.25. The van der Waals surface area contributed by atoms with Crippen LogP contribution in [0.15, 0.2) is 23.1 Å². The summed E-state index contributed by atoms with van der Waals surface area (Å²) < 4.78 is 26.0. The molecule has 0 amide bonds. The Hall–Kier alpha value is -1.58. The van der Waals surface area contributed by atoms with Crippen molar-refractivity contribution in [1.82, 2.24) is 4.72 Å². The molecule has 6 heteroatoms. The number of hydrogen-bond donors (Lipinski definition) is 2. The van der Waals surface area contributed by atoms with Crippen LogP contribution in [0.2, 0.25) is 0 Å². The van der Waals surface area contributed by atoms with Gasteiger partial charge in [-0.25, -0.2) is 13.1 Å². The van der Waals surface area contributed by atoms with Crippen molar-refractivity contribution in [3.63, 3.8) is 0 Å². The zero-order chi connectivity index (χ0) is 16.1. The molecular weight excluding hydrogens is 286 g/mol. The number of rotatable bonds is 7. The van der Waals surface area contributed by atoms with Crippen LogP contribution in [0.25, 0.3) is 0 Å². The second-order valence-corrected chi connectivity index (χ2v) is 7.75. The highest BCUT2D eigenvalue weighted by Crippen LogP contribution is 2.25. The van der Waals surface area contributed by atoms with Crippen LogP contribution in [0.1, 0.15) is 32.3 Å². The van der Waals surface area contributed by atoms with E-state index in [2.05, 4.69) is 30.0 Å². The molecule has 1 aromatic rings. The van der Waals surface area contributed by atoms with Crippen molar-refractivity contribution in [3.05, 3.63) is 23.8 Å². The fourth-order valence-corrected chi connectivity index (χ4v) is 2.65. The van der Waals surface area contributed by atoms with Gasteiger partial charge in [-0.2, -0.15) is 5.26 Å². The molecule has 0 aliphatic carbocycles. The van der Waals surface area contributed by atoms with Gasteiger partial charge in [0, 0.05) is 18.7 Å². The number of nitrogens with zero attached hydrogens (tertiary/aromatic N) is 1. The van der Waals surface area contributed by atoms with Gasteiger partial charge >= 0.3 is 0 Å². The first-order valence-electron chi connectivity index (χ1n) is 6.87. The molecule has 1 rings (SSSR count). The highest BCUT2D eigenvalue weighted by atomic mass is 32.2. The molecule has 2 N–H and O–H groups in total. The van der Waals surface area contributed by atoms with Gasteiger partial charge in [0.25, 0.3) is 0 Å². The lowest BCUT2D eigenvalue weighted by molar-refractivity contribution is 0.363. The molecule has 0 fully saturated rings. The van der Waals surface area contributed by atoms with Crippen LogP contribution < -0.4 is 10.0 Å². The molecule has 0 aliphatic rings. The topological polar surface area (TPSA) is 82.0 Å². The number of nitrogens with one attached hydrogen (secondary N) is 2. The smallest absolute Gasteiger partial charge is 0.240 e. The summed E-state index contributed by atoms with van der Waals surface area (Å²) in [4.78, 5) is 0.243. The van der Waals surface area contributed by atoms with Gasteiger partial charge in [-0.05, 0) is 43.5 Å². The summed E-state index contributed by atoms with van der Waals surface area (Å²) in [5.74, 6) is 0. The lowest BCUT2D eigenvalue weighted by Crippen LogP contribution is -2.23. The fourth-order valence-electron chi connectivity index (χ4n) is 1.89. The maximum Gasteiger partial charge on any atom is 0.240 e. The second kappa shape index (κ2) is 6.92. The van der Waals surface area contributed by atoms with Gasteiger partial charge in [0.15, 0.2) is 0 Å². The predicted octanol–water partition coefficient (Wildman–Crippen LogP) is 2.65. The third kappa shape index (κ3) is 5.03. The summed E-state index contributed by atoms with van der Waals surface area (Å²) in [7, 11) is -2.04. The maximum atomic E-state index is 11.8. The quantitative estimate of drug-likeness (QED) is 0.811. The van der Waals surface area contributed by atoms with Crippen LogP contribution in [0.4, 0.5) is 5.69 Å².